The number of aliphatic hydroxyl groups excluding tert-OH is 3. The van der Waals surface area contributed by atoms with Gasteiger partial charge in [-0.05, 0) is 17.5 Å². The second kappa shape index (κ2) is 9.86. The first-order chi connectivity index (χ1) is 16.7. The Morgan fingerprint density at radius 3 is 2.21 bits per heavy atom. The number of anilines is 1. The summed E-state index contributed by atoms with van der Waals surface area (Å²) in [5.41, 5.74) is 3.50. The molecule has 9 nitrogen and oxygen atoms in total. The van der Waals surface area contributed by atoms with Crippen LogP contribution in [0.15, 0.2) is 73.3 Å². The first-order valence-electron chi connectivity index (χ1n) is 11.3. The molecule has 0 saturated carbocycles. The average Bonchev–Trinajstić information content (AvgIpc) is 3.44. The standard InChI is InChI=1S/C25H27N5O4/c31-13-19-21(32)22(33)25(34-19)30-15-29-20-23(27-14-28-24(20)30)26-12-11-18(16-7-3-1-4-8-16)17-9-5-2-6-10-17/h1-10,14-15,18-19,21-22,25,31-33H,11-13H2,(H,26,27,28)/t19-,21?,22?,25-/m1/s1. The van der Waals surface area contributed by atoms with E-state index in [1.807, 2.05) is 12.1 Å². The Labute approximate surface area is 196 Å². The third-order valence-corrected chi connectivity index (χ3v) is 6.28. The molecule has 3 heterocycles. The molecule has 0 radical (unpaired) electrons. The van der Waals surface area contributed by atoms with Gasteiger partial charge in [-0.3, -0.25) is 4.57 Å². The number of aliphatic hydroxyl groups is 3. The number of nitrogens with zero attached hydrogens (tertiary/aromatic N) is 4. The molecule has 2 unspecified atom stereocenters. The molecule has 0 amide bonds. The third kappa shape index (κ3) is 4.26. The molecule has 4 N–H and O–H groups in total. The minimum atomic E-state index is -1.21. The monoisotopic (exact) mass is 461 g/mol. The van der Waals surface area contributed by atoms with Crippen LogP contribution in [-0.4, -0.2) is 66.3 Å². The van der Waals surface area contributed by atoms with Gasteiger partial charge >= 0.3 is 0 Å². The Balaban J connectivity index is 1.35. The van der Waals surface area contributed by atoms with E-state index in [1.165, 1.54) is 23.8 Å². The van der Waals surface area contributed by atoms with E-state index in [0.29, 0.717) is 23.5 Å². The van der Waals surface area contributed by atoms with Crippen LogP contribution in [0.5, 0.6) is 0 Å². The molecular weight excluding hydrogens is 434 g/mol. The zero-order valence-electron chi connectivity index (χ0n) is 18.5. The van der Waals surface area contributed by atoms with Crippen molar-refractivity contribution < 1.29 is 20.1 Å². The van der Waals surface area contributed by atoms with Crippen LogP contribution in [0.1, 0.15) is 29.7 Å². The highest BCUT2D eigenvalue weighted by molar-refractivity contribution is 5.82. The quantitative estimate of drug-likeness (QED) is 0.314. The summed E-state index contributed by atoms with van der Waals surface area (Å²) in [4.78, 5) is 13.1. The van der Waals surface area contributed by atoms with Crippen LogP contribution in [0.2, 0.25) is 0 Å². The van der Waals surface area contributed by atoms with Crippen molar-refractivity contribution in [1.29, 1.82) is 0 Å². The van der Waals surface area contributed by atoms with Gasteiger partial charge in [0.1, 0.15) is 24.6 Å². The molecule has 1 saturated heterocycles. The van der Waals surface area contributed by atoms with Gasteiger partial charge in [-0.1, -0.05) is 60.7 Å². The number of imidazole rings is 1. The summed E-state index contributed by atoms with van der Waals surface area (Å²) in [6.45, 7) is 0.258. The highest BCUT2D eigenvalue weighted by atomic mass is 16.6. The largest absolute Gasteiger partial charge is 0.394 e. The lowest BCUT2D eigenvalue weighted by Gasteiger charge is -2.19. The van der Waals surface area contributed by atoms with Crippen LogP contribution in [0.3, 0.4) is 0 Å². The van der Waals surface area contributed by atoms with Crippen LogP contribution in [0.4, 0.5) is 5.82 Å². The van der Waals surface area contributed by atoms with Crippen molar-refractivity contribution >= 4 is 17.0 Å². The van der Waals surface area contributed by atoms with E-state index in [1.54, 1.807) is 4.57 Å². The van der Waals surface area contributed by atoms with Gasteiger partial charge in [-0.25, -0.2) is 15.0 Å². The molecule has 2 aromatic heterocycles. The van der Waals surface area contributed by atoms with Gasteiger partial charge in [0, 0.05) is 12.5 Å². The average molecular weight is 462 g/mol. The van der Waals surface area contributed by atoms with Crippen molar-refractivity contribution in [2.45, 2.75) is 36.9 Å². The summed E-state index contributed by atoms with van der Waals surface area (Å²) < 4.78 is 7.19. The third-order valence-electron chi connectivity index (χ3n) is 6.28. The fourth-order valence-corrected chi connectivity index (χ4v) is 4.51. The first kappa shape index (κ1) is 22.4. The molecule has 5 rings (SSSR count). The predicted molar refractivity (Wildman–Crippen MR) is 126 cm³/mol. The molecule has 4 aromatic rings. The highest BCUT2D eigenvalue weighted by Gasteiger charge is 2.44. The fourth-order valence-electron chi connectivity index (χ4n) is 4.51. The number of rotatable bonds is 8. The van der Waals surface area contributed by atoms with E-state index in [4.69, 9.17) is 4.74 Å². The molecule has 9 heteroatoms. The zero-order chi connectivity index (χ0) is 23.5. The predicted octanol–water partition coefficient (Wildman–Crippen LogP) is 2.07. The van der Waals surface area contributed by atoms with E-state index in [9.17, 15) is 15.3 Å². The van der Waals surface area contributed by atoms with E-state index in [2.05, 4.69) is 68.8 Å². The highest BCUT2D eigenvalue weighted by Crippen LogP contribution is 2.32. The molecule has 2 aromatic carbocycles. The molecule has 0 spiro atoms. The van der Waals surface area contributed by atoms with Gasteiger partial charge in [-0.15, -0.1) is 0 Å². The normalized spacial score (nSPS) is 22.5. The number of fused-ring (bicyclic) bond motifs is 1. The molecule has 176 valence electrons. The molecule has 1 fully saturated rings. The van der Waals surface area contributed by atoms with E-state index in [0.717, 1.165) is 6.42 Å². The minimum absolute atomic E-state index is 0.226. The van der Waals surface area contributed by atoms with Gasteiger partial charge in [-0.2, -0.15) is 0 Å². The minimum Gasteiger partial charge on any atom is -0.394 e. The SMILES string of the molecule is OC[C@H]1O[C@@H](n2cnc3c(NCCC(c4ccccc4)c4ccccc4)ncnc32)C(O)C1O. The molecule has 0 aliphatic carbocycles. The van der Waals surface area contributed by atoms with Crippen molar-refractivity contribution in [3.63, 3.8) is 0 Å². The maximum Gasteiger partial charge on any atom is 0.167 e. The van der Waals surface area contributed by atoms with Crippen LogP contribution < -0.4 is 5.32 Å². The Hall–Kier alpha value is -3.37. The second-order valence-electron chi connectivity index (χ2n) is 8.36. The summed E-state index contributed by atoms with van der Waals surface area (Å²) in [5, 5.41) is 33.2. The zero-order valence-corrected chi connectivity index (χ0v) is 18.5. The van der Waals surface area contributed by atoms with Gasteiger partial charge in [0.2, 0.25) is 0 Å². The van der Waals surface area contributed by atoms with Gasteiger partial charge in [0.15, 0.2) is 23.2 Å². The molecule has 1 aliphatic rings. The number of ether oxygens (including phenoxy) is 1. The Kier molecular flexibility index (Phi) is 6.50. The van der Waals surface area contributed by atoms with Crippen LogP contribution >= 0.6 is 0 Å². The number of aromatic nitrogens is 4. The van der Waals surface area contributed by atoms with Gasteiger partial charge in [0.05, 0.1) is 12.9 Å². The molecule has 1 aliphatic heterocycles. The summed E-state index contributed by atoms with van der Waals surface area (Å²) in [6, 6.07) is 20.8. The topological polar surface area (TPSA) is 126 Å². The van der Waals surface area contributed by atoms with Crippen LogP contribution in [0.25, 0.3) is 11.2 Å². The van der Waals surface area contributed by atoms with Gasteiger partial charge in [0.25, 0.3) is 0 Å². The van der Waals surface area contributed by atoms with Crippen molar-refractivity contribution in [3.8, 4) is 0 Å². The molecule has 0 bridgehead atoms. The maximum absolute atomic E-state index is 10.4. The van der Waals surface area contributed by atoms with Crippen molar-refractivity contribution in [2.75, 3.05) is 18.5 Å². The number of hydrogen-bond acceptors (Lipinski definition) is 8. The van der Waals surface area contributed by atoms with E-state index >= 15 is 0 Å². The smallest absolute Gasteiger partial charge is 0.167 e. The van der Waals surface area contributed by atoms with E-state index < -0.39 is 31.1 Å². The van der Waals surface area contributed by atoms with Crippen molar-refractivity contribution in [1.82, 2.24) is 19.5 Å². The summed E-state index contributed by atoms with van der Waals surface area (Å²) in [5.74, 6) is 0.805. The number of hydrogen-bond donors (Lipinski definition) is 4. The van der Waals surface area contributed by atoms with Crippen molar-refractivity contribution in [3.05, 3.63) is 84.4 Å². The lowest BCUT2D eigenvalue weighted by molar-refractivity contribution is -0.0511. The van der Waals surface area contributed by atoms with Crippen LogP contribution in [-0.2, 0) is 4.74 Å². The number of nitrogens with one attached hydrogen (secondary N) is 1. The van der Waals surface area contributed by atoms with Crippen LogP contribution in [0, 0.1) is 0 Å². The summed E-state index contributed by atoms with van der Waals surface area (Å²) >= 11 is 0. The fraction of sp³-hybridized carbons (Fsp3) is 0.320. The summed E-state index contributed by atoms with van der Waals surface area (Å²) in [6.07, 6.45) is -0.407. The first-order valence-corrected chi connectivity index (χ1v) is 11.3. The molecular formula is C25H27N5O4. The lowest BCUT2D eigenvalue weighted by Crippen LogP contribution is -2.33. The number of benzene rings is 2. The Morgan fingerprint density at radius 2 is 1.59 bits per heavy atom. The van der Waals surface area contributed by atoms with Crippen molar-refractivity contribution in [2.24, 2.45) is 0 Å². The maximum atomic E-state index is 10.4. The second-order valence-corrected chi connectivity index (χ2v) is 8.36. The Morgan fingerprint density at radius 1 is 0.912 bits per heavy atom. The molecule has 34 heavy (non-hydrogen) atoms. The van der Waals surface area contributed by atoms with E-state index in [-0.39, 0.29) is 5.92 Å². The van der Waals surface area contributed by atoms with Gasteiger partial charge < -0.3 is 25.4 Å². The lowest BCUT2D eigenvalue weighted by atomic mass is 9.88. The summed E-state index contributed by atoms with van der Waals surface area (Å²) in [7, 11) is 0. The Bertz CT molecular complexity index is 1180. The molecule has 4 atom stereocenters.